The molecule has 1 unspecified atom stereocenters. The van der Waals surface area contributed by atoms with Crippen molar-refractivity contribution >= 4 is 11.8 Å². The molecular weight excluding hydrogens is 198 g/mol. The Balaban J connectivity index is 4.11. The highest BCUT2D eigenvalue weighted by molar-refractivity contribution is 6.01. The smallest absolute Gasteiger partial charge is 0.315 e. The van der Waals surface area contributed by atoms with Gasteiger partial charge in [-0.25, -0.2) is 0 Å². The molecule has 0 saturated carbocycles. The molecule has 15 heavy (non-hydrogen) atoms. The summed E-state index contributed by atoms with van der Waals surface area (Å²) in [5.74, 6) is -2.89. The van der Waals surface area contributed by atoms with E-state index in [1.54, 1.807) is 0 Å². The normalized spacial score (nSPS) is 14.6. The number of ketones is 1. The zero-order valence-corrected chi connectivity index (χ0v) is 8.69. The summed E-state index contributed by atoms with van der Waals surface area (Å²) in [5.41, 5.74) is 16.0. The number of carboxylic acid groups (broad SMARTS) is 1. The SMILES string of the molecule is NCCCC[C@H](N)C(=O)C(CN)C(=O)O. The van der Waals surface area contributed by atoms with Gasteiger partial charge in [0.05, 0.1) is 6.04 Å². The number of carbonyl (C=O) groups excluding carboxylic acids is 1. The molecule has 0 rings (SSSR count). The van der Waals surface area contributed by atoms with Crippen LogP contribution in [-0.2, 0) is 9.59 Å². The first kappa shape index (κ1) is 14.0. The maximum absolute atomic E-state index is 11.5. The molecule has 0 aliphatic rings. The molecule has 2 atom stereocenters. The molecule has 0 aliphatic heterocycles. The lowest BCUT2D eigenvalue weighted by Gasteiger charge is -2.14. The summed E-state index contributed by atoms with van der Waals surface area (Å²) in [6.07, 6.45) is 1.96. The third kappa shape index (κ3) is 4.87. The zero-order valence-electron chi connectivity index (χ0n) is 8.69. The first-order valence-corrected chi connectivity index (χ1v) is 4.96. The lowest BCUT2D eigenvalue weighted by molar-refractivity contribution is -0.146. The summed E-state index contributed by atoms with van der Waals surface area (Å²) >= 11 is 0. The Morgan fingerprint density at radius 2 is 1.80 bits per heavy atom. The molecule has 0 fully saturated rings. The molecular formula is C9H19N3O3. The molecule has 7 N–H and O–H groups in total. The second-order valence-electron chi connectivity index (χ2n) is 3.42. The molecule has 0 saturated heterocycles. The number of rotatable bonds is 8. The van der Waals surface area contributed by atoms with E-state index in [0.717, 1.165) is 12.8 Å². The molecule has 0 heterocycles. The fraction of sp³-hybridized carbons (Fsp3) is 0.778. The van der Waals surface area contributed by atoms with Gasteiger partial charge in [0.2, 0.25) is 0 Å². The molecule has 0 aromatic heterocycles. The minimum atomic E-state index is -1.21. The largest absolute Gasteiger partial charge is 0.481 e. The quantitative estimate of drug-likeness (QED) is 0.294. The minimum absolute atomic E-state index is 0.210. The van der Waals surface area contributed by atoms with E-state index in [2.05, 4.69) is 0 Å². The lowest BCUT2D eigenvalue weighted by atomic mass is 9.95. The van der Waals surface area contributed by atoms with E-state index in [1.165, 1.54) is 0 Å². The topological polar surface area (TPSA) is 132 Å². The van der Waals surface area contributed by atoms with Crippen LogP contribution in [0.4, 0.5) is 0 Å². The monoisotopic (exact) mass is 217 g/mol. The van der Waals surface area contributed by atoms with Gasteiger partial charge >= 0.3 is 5.97 Å². The van der Waals surface area contributed by atoms with E-state index in [-0.39, 0.29) is 6.54 Å². The molecule has 6 heteroatoms. The van der Waals surface area contributed by atoms with Crippen LogP contribution in [-0.4, -0.2) is 36.0 Å². The average molecular weight is 217 g/mol. The number of carbonyl (C=O) groups is 2. The molecule has 6 nitrogen and oxygen atoms in total. The van der Waals surface area contributed by atoms with Gasteiger partial charge in [0.25, 0.3) is 0 Å². The van der Waals surface area contributed by atoms with Gasteiger partial charge in [-0.05, 0) is 19.4 Å². The van der Waals surface area contributed by atoms with Gasteiger partial charge in [-0.1, -0.05) is 6.42 Å². The minimum Gasteiger partial charge on any atom is -0.481 e. The number of nitrogens with two attached hydrogens (primary N) is 3. The number of aliphatic carboxylic acids is 1. The van der Waals surface area contributed by atoms with Crippen LogP contribution < -0.4 is 17.2 Å². The molecule has 0 aromatic rings. The summed E-state index contributed by atoms with van der Waals surface area (Å²) in [6, 6.07) is -0.749. The summed E-state index contributed by atoms with van der Waals surface area (Å²) < 4.78 is 0. The van der Waals surface area contributed by atoms with Crippen molar-refractivity contribution in [2.45, 2.75) is 25.3 Å². The fourth-order valence-corrected chi connectivity index (χ4v) is 1.25. The third-order valence-corrected chi connectivity index (χ3v) is 2.21. The van der Waals surface area contributed by atoms with E-state index < -0.39 is 23.7 Å². The first-order valence-electron chi connectivity index (χ1n) is 4.96. The Bertz CT molecular complexity index is 221. The number of carboxylic acids is 1. The Morgan fingerprint density at radius 1 is 1.20 bits per heavy atom. The molecule has 0 bridgehead atoms. The van der Waals surface area contributed by atoms with Crippen molar-refractivity contribution in [1.29, 1.82) is 0 Å². The summed E-state index contributed by atoms with van der Waals surface area (Å²) in [4.78, 5) is 22.1. The maximum Gasteiger partial charge on any atom is 0.315 e. The predicted molar refractivity (Wildman–Crippen MR) is 56.1 cm³/mol. The van der Waals surface area contributed by atoms with Crippen LogP contribution in [0, 0.1) is 5.92 Å². The van der Waals surface area contributed by atoms with Gasteiger partial charge in [0.15, 0.2) is 5.78 Å². The van der Waals surface area contributed by atoms with Crippen molar-refractivity contribution in [3.63, 3.8) is 0 Å². The van der Waals surface area contributed by atoms with Crippen LogP contribution in [0.3, 0.4) is 0 Å². The van der Waals surface area contributed by atoms with E-state index in [9.17, 15) is 9.59 Å². The molecule has 0 amide bonds. The van der Waals surface area contributed by atoms with Crippen LogP contribution >= 0.6 is 0 Å². The van der Waals surface area contributed by atoms with Gasteiger partial charge < -0.3 is 22.3 Å². The molecule has 0 spiro atoms. The van der Waals surface area contributed by atoms with E-state index >= 15 is 0 Å². The maximum atomic E-state index is 11.5. The molecule has 0 aliphatic carbocycles. The van der Waals surface area contributed by atoms with Crippen molar-refractivity contribution in [3.05, 3.63) is 0 Å². The van der Waals surface area contributed by atoms with E-state index in [4.69, 9.17) is 22.3 Å². The number of Topliss-reactive ketones (excluding diaryl/α,β-unsaturated/α-hetero) is 1. The second-order valence-corrected chi connectivity index (χ2v) is 3.42. The Labute approximate surface area is 88.8 Å². The Kier molecular flexibility index (Phi) is 6.85. The highest BCUT2D eigenvalue weighted by Gasteiger charge is 2.28. The highest BCUT2D eigenvalue weighted by Crippen LogP contribution is 2.06. The Morgan fingerprint density at radius 3 is 2.20 bits per heavy atom. The van der Waals surface area contributed by atoms with Crippen LogP contribution in [0.25, 0.3) is 0 Å². The summed E-state index contributed by atoms with van der Waals surface area (Å²) in [6.45, 7) is 0.332. The van der Waals surface area contributed by atoms with Crippen LogP contribution in [0.15, 0.2) is 0 Å². The standard InChI is InChI=1S/C9H19N3O3/c10-4-2-1-3-7(12)8(13)6(5-11)9(14)15/h6-7H,1-5,10-12H2,(H,14,15)/t6?,7-/m0/s1. The summed E-state index contributed by atoms with van der Waals surface area (Å²) in [7, 11) is 0. The van der Waals surface area contributed by atoms with Crippen molar-refractivity contribution in [1.82, 2.24) is 0 Å². The fourth-order valence-electron chi connectivity index (χ4n) is 1.25. The number of hydrogen-bond acceptors (Lipinski definition) is 5. The molecule has 88 valence electrons. The summed E-state index contributed by atoms with van der Waals surface area (Å²) in [5, 5.41) is 8.69. The van der Waals surface area contributed by atoms with Gasteiger partial charge in [0.1, 0.15) is 5.92 Å². The van der Waals surface area contributed by atoms with Crippen LogP contribution in [0.5, 0.6) is 0 Å². The van der Waals surface area contributed by atoms with Gasteiger partial charge in [-0.3, -0.25) is 9.59 Å². The van der Waals surface area contributed by atoms with Gasteiger partial charge in [-0.2, -0.15) is 0 Å². The highest BCUT2D eigenvalue weighted by atomic mass is 16.4. The number of hydrogen-bond donors (Lipinski definition) is 4. The second kappa shape index (κ2) is 7.33. The van der Waals surface area contributed by atoms with Crippen LogP contribution in [0.1, 0.15) is 19.3 Å². The lowest BCUT2D eigenvalue weighted by Crippen LogP contribution is -2.42. The van der Waals surface area contributed by atoms with Crippen molar-refractivity contribution in [2.75, 3.05) is 13.1 Å². The van der Waals surface area contributed by atoms with Gasteiger partial charge in [-0.15, -0.1) is 0 Å². The Hall–Kier alpha value is -0.980. The first-order chi connectivity index (χ1) is 7.04. The van der Waals surface area contributed by atoms with E-state index in [0.29, 0.717) is 13.0 Å². The molecule has 0 radical (unpaired) electrons. The average Bonchev–Trinajstić information content (AvgIpc) is 2.18. The predicted octanol–water partition coefficient (Wildman–Crippen LogP) is -1.33. The number of unbranched alkanes of at least 4 members (excludes halogenated alkanes) is 1. The van der Waals surface area contributed by atoms with Crippen LogP contribution in [0.2, 0.25) is 0 Å². The van der Waals surface area contributed by atoms with E-state index in [1.807, 2.05) is 0 Å². The van der Waals surface area contributed by atoms with Crippen molar-refractivity contribution in [3.8, 4) is 0 Å². The third-order valence-electron chi connectivity index (χ3n) is 2.21. The molecule has 0 aromatic carbocycles. The van der Waals surface area contributed by atoms with Crippen molar-refractivity contribution < 1.29 is 14.7 Å². The van der Waals surface area contributed by atoms with Gasteiger partial charge in [0, 0.05) is 6.54 Å². The zero-order chi connectivity index (χ0) is 11.8. The van der Waals surface area contributed by atoms with Crippen molar-refractivity contribution in [2.24, 2.45) is 23.1 Å².